The number of hydrogen-bond acceptors (Lipinski definition) is 2. The second-order valence-electron chi connectivity index (χ2n) is 5.33. The van der Waals surface area contributed by atoms with Crippen molar-refractivity contribution in [2.75, 3.05) is 0 Å². The number of allylic oxidation sites excluding steroid dienone is 1. The van der Waals surface area contributed by atoms with Gasteiger partial charge in [-0.3, -0.25) is 0 Å². The van der Waals surface area contributed by atoms with Crippen molar-refractivity contribution >= 4 is 11.8 Å². The van der Waals surface area contributed by atoms with Crippen LogP contribution in [0.3, 0.4) is 0 Å². The van der Waals surface area contributed by atoms with Crippen molar-refractivity contribution in [1.82, 2.24) is 0 Å². The van der Waals surface area contributed by atoms with E-state index in [1.165, 1.54) is 22.8 Å². The summed E-state index contributed by atoms with van der Waals surface area (Å²) >= 11 is 1.65. The molecule has 0 radical (unpaired) electrons. The third-order valence-electron chi connectivity index (χ3n) is 3.93. The van der Waals surface area contributed by atoms with Crippen LogP contribution in [0.1, 0.15) is 16.7 Å². The zero-order valence-electron chi connectivity index (χ0n) is 13.2. The van der Waals surface area contributed by atoms with Crippen molar-refractivity contribution in [3.8, 4) is 6.07 Å². The fourth-order valence-electron chi connectivity index (χ4n) is 2.89. The van der Waals surface area contributed by atoms with Gasteiger partial charge in [-0.05, 0) is 22.1 Å². The molecule has 0 unspecified atom stereocenters. The molecule has 1 nitrogen and oxygen atoms in total. The van der Waals surface area contributed by atoms with Crippen LogP contribution in [0, 0.1) is 11.3 Å². The highest BCUT2D eigenvalue weighted by Crippen LogP contribution is 2.48. The lowest BCUT2D eigenvalue weighted by atomic mass is 9.84. The van der Waals surface area contributed by atoms with Gasteiger partial charge in [-0.1, -0.05) is 91.0 Å². The Morgan fingerprint density at radius 2 is 1.04 bits per heavy atom. The minimum Gasteiger partial charge on any atom is -0.193 e. The van der Waals surface area contributed by atoms with Gasteiger partial charge in [0.05, 0.1) is 10.8 Å². The zero-order valence-corrected chi connectivity index (χ0v) is 14.0. The van der Waals surface area contributed by atoms with Crippen LogP contribution in [0.2, 0.25) is 0 Å². The van der Waals surface area contributed by atoms with Crippen LogP contribution in [0.25, 0.3) is 0 Å². The van der Waals surface area contributed by atoms with Crippen LogP contribution < -0.4 is 0 Å². The first kappa shape index (κ1) is 16.1. The summed E-state index contributed by atoms with van der Waals surface area (Å²) in [5.74, 6) is 0. The number of thioether (sulfide) groups is 1. The lowest BCUT2D eigenvalue weighted by Crippen LogP contribution is -2.24. The molecule has 0 spiro atoms. The Kier molecular flexibility index (Phi) is 5.15. The Morgan fingerprint density at radius 3 is 1.38 bits per heavy atom. The Labute approximate surface area is 147 Å². The molecule has 3 aromatic carbocycles. The fraction of sp³-hybridized carbons (Fsp3) is 0.0455. The summed E-state index contributed by atoms with van der Waals surface area (Å²) in [6.07, 6.45) is 1.54. The van der Waals surface area contributed by atoms with Gasteiger partial charge >= 0.3 is 0 Å². The molecule has 0 saturated heterocycles. The third-order valence-corrected chi connectivity index (χ3v) is 5.26. The second kappa shape index (κ2) is 7.68. The van der Waals surface area contributed by atoms with E-state index < -0.39 is 4.75 Å². The summed E-state index contributed by atoms with van der Waals surface area (Å²) in [5, 5.41) is 10.8. The molecular weight excluding hydrogens is 310 g/mol. The highest BCUT2D eigenvalue weighted by molar-refractivity contribution is 8.03. The van der Waals surface area contributed by atoms with Crippen molar-refractivity contribution in [2.45, 2.75) is 4.75 Å². The maximum absolute atomic E-state index is 8.92. The maximum atomic E-state index is 8.92. The number of hydrogen-bond donors (Lipinski definition) is 0. The van der Waals surface area contributed by atoms with Crippen molar-refractivity contribution < 1.29 is 0 Å². The van der Waals surface area contributed by atoms with E-state index >= 15 is 0 Å². The summed E-state index contributed by atoms with van der Waals surface area (Å²) < 4.78 is -0.392. The van der Waals surface area contributed by atoms with E-state index in [2.05, 4.69) is 78.9 Å². The fourth-order valence-corrected chi connectivity index (χ4v) is 4.04. The van der Waals surface area contributed by atoms with E-state index in [1.807, 2.05) is 23.6 Å². The van der Waals surface area contributed by atoms with Gasteiger partial charge in [0.1, 0.15) is 0 Å². The van der Waals surface area contributed by atoms with Crippen LogP contribution in [-0.2, 0) is 4.75 Å². The van der Waals surface area contributed by atoms with Gasteiger partial charge in [0, 0.05) is 6.08 Å². The molecule has 0 aliphatic rings. The van der Waals surface area contributed by atoms with Gasteiger partial charge < -0.3 is 0 Å². The summed E-state index contributed by atoms with van der Waals surface area (Å²) in [6, 6.07) is 33.4. The smallest absolute Gasteiger partial charge is 0.0948 e. The largest absolute Gasteiger partial charge is 0.193 e. The minimum atomic E-state index is -0.392. The Morgan fingerprint density at radius 1 is 0.667 bits per heavy atom. The minimum absolute atomic E-state index is 0.392. The average molecular weight is 327 g/mol. The molecule has 0 N–H and O–H groups in total. The summed E-state index contributed by atoms with van der Waals surface area (Å²) in [4.78, 5) is 0. The van der Waals surface area contributed by atoms with E-state index in [-0.39, 0.29) is 0 Å². The van der Waals surface area contributed by atoms with E-state index in [9.17, 15) is 0 Å². The van der Waals surface area contributed by atoms with Gasteiger partial charge in [-0.25, -0.2) is 0 Å². The van der Waals surface area contributed by atoms with Crippen LogP contribution in [0.15, 0.2) is 102 Å². The first-order valence-electron chi connectivity index (χ1n) is 7.77. The number of rotatable bonds is 5. The molecule has 0 atom stereocenters. The SMILES string of the molecule is N#C/C=C\SC(c1ccccc1)(c1ccccc1)c1ccccc1. The quantitative estimate of drug-likeness (QED) is 0.440. The first-order chi connectivity index (χ1) is 11.9. The highest BCUT2D eigenvalue weighted by atomic mass is 32.2. The molecular formula is C22H17NS. The number of nitrogens with zero attached hydrogens (tertiary/aromatic N) is 1. The highest BCUT2D eigenvalue weighted by Gasteiger charge is 2.36. The first-order valence-corrected chi connectivity index (χ1v) is 8.65. The van der Waals surface area contributed by atoms with Crippen LogP contribution in [0.5, 0.6) is 0 Å². The molecule has 0 aliphatic heterocycles. The molecule has 116 valence electrons. The van der Waals surface area contributed by atoms with E-state index in [0.717, 1.165) is 0 Å². The van der Waals surface area contributed by atoms with Gasteiger partial charge in [0.2, 0.25) is 0 Å². The molecule has 24 heavy (non-hydrogen) atoms. The zero-order chi connectivity index (χ0) is 16.7. The van der Waals surface area contributed by atoms with Gasteiger partial charge in [-0.2, -0.15) is 5.26 Å². The number of benzene rings is 3. The molecule has 3 aromatic rings. The van der Waals surface area contributed by atoms with Crippen molar-refractivity contribution in [3.05, 3.63) is 119 Å². The van der Waals surface area contributed by atoms with Crippen LogP contribution >= 0.6 is 11.8 Å². The van der Waals surface area contributed by atoms with Crippen LogP contribution in [0.4, 0.5) is 0 Å². The summed E-state index contributed by atoms with van der Waals surface area (Å²) in [7, 11) is 0. The van der Waals surface area contributed by atoms with Crippen molar-refractivity contribution in [1.29, 1.82) is 5.26 Å². The molecule has 0 bridgehead atoms. The Bertz CT molecular complexity index is 737. The second-order valence-corrected chi connectivity index (χ2v) is 6.45. The van der Waals surface area contributed by atoms with E-state index in [0.29, 0.717) is 0 Å². The lowest BCUT2D eigenvalue weighted by molar-refractivity contribution is 0.900. The predicted octanol–water partition coefficient (Wildman–Crippen LogP) is 5.75. The molecule has 0 saturated carbocycles. The maximum Gasteiger partial charge on any atom is 0.0948 e. The summed E-state index contributed by atoms with van der Waals surface area (Å²) in [6.45, 7) is 0. The Balaban J connectivity index is 2.28. The van der Waals surface area contributed by atoms with Gasteiger partial charge in [0.15, 0.2) is 0 Å². The monoisotopic (exact) mass is 327 g/mol. The molecule has 0 amide bonds. The molecule has 2 heteroatoms. The van der Waals surface area contributed by atoms with Crippen molar-refractivity contribution in [3.63, 3.8) is 0 Å². The number of nitriles is 1. The van der Waals surface area contributed by atoms with E-state index in [1.54, 1.807) is 11.8 Å². The Hall–Kier alpha value is -2.76. The van der Waals surface area contributed by atoms with Crippen molar-refractivity contribution in [2.24, 2.45) is 0 Å². The molecule has 0 aliphatic carbocycles. The third kappa shape index (κ3) is 3.13. The predicted molar refractivity (Wildman–Crippen MR) is 102 cm³/mol. The molecule has 3 rings (SSSR count). The topological polar surface area (TPSA) is 23.8 Å². The molecule has 0 aromatic heterocycles. The van der Waals surface area contributed by atoms with E-state index in [4.69, 9.17) is 5.26 Å². The standard InChI is InChI=1S/C22H17NS/c23-17-10-18-24-22(19-11-4-1-5-12-19,20-13-6-2-7-14-20)21-15-8-3-9-16-21/h1-16,18H/b18-10-. The lowest BCUT2D eigenvalue weighted by Gasteiger charge is -2.34. The summed E-state index contributed by atoms with van der Waals surface area (Å²) in [5.41, 5.74) is 3.57. The molecule has 0 heterocycles. The normalized spacial score (nSPS) is 11.3. The van der Waals surface area contributed by atoms with Crippen LogP contribution in [-0.4, -0.2) is 0 Å². The van der Waals surface area contributed by atoms with Gasteiger partial charge in [-0.15, -0.1) is 11.8 Å². The van der Waals surface area contributed by atoms with Gasteiger partial charge in [0.25, 0.3) is 0 Å². The average Bonchev–Trinajstić information content (AvgIpc) is 2.68. The molecule has 0 fully saturated rings.